The third kappa shape index (κ3) is 1.84. The molecule has 2 aliphatic carbocycles. The van der Waals surface area contributed by atoms with Crippen molar-refractivity contribution in [1.82, 2.24) is 0 Å². The maximum absolute atomic E-state index is 10.7. The second-order valence-electron chi connectivity index (χ2n) is 6.61. The molecule has 0 heterocycles. The van der Waals surface area contributed by atoms with E-state index in [9.17, 15) is 5.11 Å². The van der Waals surface area contributed by atoms with Crippen molar-refractivity contribution in [2.24, 2.45) is 11.3 Å². The quantitative estimate of drug-likeness (QED) is 0.663. The van der Waals surface area contributed by atoms with Crippen molar-refractivity contribution in [1.29, 1.82) is 0 Å². The Bertz CT molecular complexity index is 315. The minimum absolute atomic E-state index is 0.374. The molecule has 2 rings (SSSR count). The zero-order chi connectivity index (χ0) is 12.0. The van der Waals surface area contributed by atoms with E-state index >= 15 is 0 Å². The van der Waals surface area contributed by atoms with Gasteiger partial charge in [-0.05, 0) is 56.8 Å². The Labute approximate surface area is 99.9 Å². The molecular formula is C15H26O. The van der Waals surface area contributed by atoms with Gasteiger partial charge < -0.3 is 5.11 Å². The van der Waals surface area contributed by atoms with Crippen molar-refractivity contribution in [3.8, 4) is 0 Å². The van der Waals surface area contributed by atoms with Crippen LogP contribution in [0, 0.1) is 11.3 Å². The number of rotatable bonds is 1. The molecule has 16 heavy (non-hydrogen) atoms. The average Bonchev–Trinajstić information content (AvgIpc) is 2.21. The van der Waals surface area contributed by atoms with Gasteiger partial charge in [-0.25, -0.2) is 0 Å². The number of aliphatic hydroxyl groups is 1. The lowest BCUT2D eigenvalue weighted by molar-refractivity contribution is -0.0441. The van der Waals surface area contributed by atoms with Crippen molar-refractivity contribution in [2.75, 3.05) is 0 Å². The van der Waals surface area contributed by atoms with Gasteiger partial charge in [-0.1, -0.05) is 31.9 Å². The number of allylic oxidation sites excluding steroid dienone is 1. The van der Waals surface area contributed by atoms with Crippen LogP contribution in [0.4, 0.5) is 0 Å². The molecule has 0 unspecified atom stereocenters. The SMILES string of the molecule is CC1=C2C[C@](O)(C(C)C)CC[C@]2(C)CCC1. The number of hydrogen-bond acceptors (Lipinski definition) is 1. The van der Waals surface area contributed by atoms with Gasteiger partial charge in [-0.3, -0.25) is 0 Å². The summed E-state index contributed by atoms with van der Waals surface area (Å²) < 4.78 is 0. The summed E-state index contributed by atoms with van der Waals surface area (Å²) in [5.74, 6) is 0.374. The fourth-order valence-electron chi connectivity index (χ4n) is 3.58. The van der Waals surface area contributed by atoms with Gasteiger partial charge in [0.05, 0.1) is 5.60 Å². The third-order valence-electron chi connectivity index (χ3n) is 5.19. The highest BCUT2D eigenvalue weighted by Crippen LogP contribution is 2.53. The predicted octanol–water partition coefficient (Wildman–Crippen LogP) is 4.06. The first kappa shape index (κ1) is 12.2. The molecule has 0 aromatic rings. The van der Waals surface area contributed by atoms with Gasteiger partial charge in [0.15, 0.2) is 0 Å². The molecule has 0 amide bonds. The molecule has 1 heteroatoms. The van der Waals surface area contributed by atoms with Crippen LogP contribution < -0.4 is 0 Å². The van der Waals surface area contributed by atoms with E-state index in [0.29, 0.717) is 11.3 Å². The van der Waals surface area contributed by atoms with Crippen LogP contribution in [0.2, 0.25) is 0 Å². The zero-order valence-corrected chi connectivity index (χ0v) is 11.3. The Morgan fingerprint density at radius 3 is 2.50 bits per heavy atom. The van der Waals surface area contributed by atoms with Crippen LogP contribution in [-0.2, 0) is 0 Å². The van der Waals surface area contributed by atoms with Gasteiger partial charge >= 0.3 is 0 Å². The highest BCUT2D eigenvalue weighted by Gasteiger charge is 2.45. The van der Waals surface area contributed by atoms with Crippen LogP contribution in [0.1, 0.15) is 66.2 Å². The Balaban J connectivity index is 2.31. The van der Waals surface area contributed by atoms with Gasteiger partial charge in [-0.2, -0.15) is 0 Å². The first-order chi connectivity index (χ1) is 7.37. The molecule has 0 saturated heterocycles. The highest BCUT2D eigenvalue weighted by atomic mass is 16.3. The molecule has 1 N–H and O–H groups in total. The molecular weight excluding hydrogens is 196 g/mol. The van der Waals surface area contributed by atoms with E-state index in [0.717, 1.165) is 12.8 Å². The monoisotopic (exact) mass is 222 g/mol. The molecule has 0 spiro atoms. The van der Waals surface area contributed by atoms with Gasteiger partial charge in [0.1, 0.15) is 0 Å². The topological polar surface area (TPSA) is 20.2 Å². The van der Waals surface area contributed by atoms with E-state index in [2.05, 4.69) is 27.7 Å². The lowest BCUT2D eigenvalue weighted by Crippen LogP contribution is -2.44. The van der Waals surface area contributed by atoms with Crippen LogP contribution in [-0.4, -0.2) is 10.7 Å². The van der Waals surface area contributed by atoms with Crippen molar-refractivity contribution in [3.05, 3.63) is 11.1 Å². The minimum atomic E-state index is -0.437. The van der Waals surface area contributed by atoms with E-state index < -0.39 is 5.60 Å². The lowest BCUT2D eigenvalue weighted by atomic mass is 9.59. The van der Waals surface area contributed by atoms with Crippen molar-refractivity contribution < 1.29 is 5.11 Å². The number of hydrogen-bond donors (Lipinski definition) is 1. The van der Waals surface area contributed by atoms with E-state index in [-0.39, 0.29) is 0 Å². The van der Waals surface area contributed by atoms with E-state index in [1.807, 2.05) is 0 Å². The average molecular weight is 222 g/mol. The molecule has 2 aliphatic rings. The molecule has 0 aromatic heterocycles. The second-order valence-corrected chi connectivity index (χ2v) is 6.61. The molecule has 1 nitrogen and oxygen atoms in total. The molecule has 0 bridgehead atoms. The Morgan fingerprint density at radius 2 is 1.88 bits per heavy atom. The van der Waals surface area contributed by atoms with Gasteiger partial charge in [0, 0.05) is 0 Å². The van der Waals surface area contributed by atoms with E-state index in [1.54, 1.807) is 11.1 Å². The summed E-state index contributed by atoms with van der Waals surface area (Å²) in [6.45, 7) is 8.99. The number of fused-ring (bicyclic) bond motifs is 1. The fourth-order valence-corrected chi connectivity index (χ4v) is 3.58. The smallest absolute Gasteiger partial charge is 0.0708 e. The molecule has 2 atom stereocenters. The molecule has 0 aromatic carbocycles. The normalized spacial score (nSPS) is 40.1. The molecule has 0 aliphatic heterocycles. The van der Waals surface area contributed by atoms with Gasteiger partial charge in [-0.15, -0.1) is 0 Å². The van der Waals surface area contributed by atoms with Gasteiger partial charge in [0.2, 0.25) is 0 Å². The van der Waals surface area contributed by atoms with Crippen molar-refractivity contribution in [3.63, 3.8) is 0 Å². The van der Waals surface area contributed by atoms with Crippen LogP contribution in [0.5, 0.6) is 0 Å². The maximum atomic E-state index is 10.7. The second kappa shape index (κ2) is 3.87. The summed E-state index contributed by atoms with van der Waals surface area (Å²) in [5, 5.41) is 10.7. The molecule has 0 radical (unpaired) electrons. The summed E-state index contributed by atoms with van der Waals surface area (Å²) in [7, 11) is 0. The Morgan fingerprint density at radius 1 is 1.19 bits per heavy atom. The first-order valence-electron chi connectivity index (χ1n) is 6.79. The predicted molar refractivity (Wildman–Crippen MR) is 68.3 cm³/mol. The minimum Gasteiger partial charge on any atom is -0.389 e. The summed E-state index contributed by atoms with van der Waals surface area (Å²) in [4.78, 5) is 0. The molecule has 1 fully saturated rings. The largest absolute Gasteiger partial charge is 0.389 e. The van der Waals surface area contributed by atoms with Crippen molar-refractivity contribution in [2.45, 2.75) is 71.8 Å². The van der Waals surface area contributed by atoms with Crippen LogP contribution >= 0.6 is 0 Å². The fraction of sp³-hybridized carbons (Fsp3) is 0.867. The van der Waals surface area contributed by atoms with Gasteiger partial charge in [0.25, 0.3) is 0 Å². The van der Waals surface area contributed by atoms with Crippen LogP contribution in [0.25, 0.3) is 0 Å². The molecule has 1 saturated carbocycles. The first-order valence-corrected chi connectivity index (χ1v) is 6.79. The van der Waals surface area contributed by atoms with Crippen LogP contribution in [0.3, 0.4) is 0 Å². The summed E-state index contributed by atoms with van der Waals surface area (Å²) >= 11 is 0. The molecule has 92 valence electrons. The zero-order valence-electron chi connectivity index (χ0n) is 11.3. The summed E-state index contributed by atoms with van der Waals surface area (Å²) in [5.41, 5.74) is 3.12. The standard InChI is InChI=1S/C15H26O/c1-11(2)15(16)9-8-14(4)7-5-6-12(3)13(14)10-15/h11,16H,5-10H2,1-4H3/t14-,15-/m0/s1. The van der Waals surface area contributed by atoms with E-state index in [1.165, 1.54) is 25.7 Å². The highest BCUT2D eigenvalue weighted by molar-refractivity contribution is 5.27. The summed E-state index contributed by atoms with van der Waals surface area (Å²) in [6.07, 6.45) is 7.00. The summed E-state index contributed by atoms with van der Waals surface area (Å²) in [6, 6.07) is 0. The van der Waals surface area contributed by atoms with E-state index in [4.69, 9.17) is 0 Å². The third-order valence-corrected chi connectivity index (χ3v) is 5.19. The Hall–Kier alpha value is -0.300. The van der Waals surface area contributed by atoms with Crippen LogP contribution in [0.15, 0.2) is 11.1 Å². The Kier molecular flexibility index (Phi) is 2.94. The lowest BCUT2D eigenvalue weighted by Gasteiger charge is -2.49. The van der Waals surface area contributed by atoms with Crippen molar-refractivity contribution >= 4 is 0 Å². The maximum Gasteiger partial charge on any atom is 0.0708 e.